The SMILES string of the molecule is CCOc1ccc(-c2coc3cc(OCC)c(/C(C)=C/C(=O)NC(C)COC)cc23)cc1. The summed E-state index contributed by atoms with van der Waals surface area (Å²) in [4.78, 5) is 12.5. The number of hydrogen-bond acceptors (Lipinski definition) is 5. The predicted molar refractivity (Wildman–Crippen MR) is 127 cm³/mol. The van der Waals surface area contributed by atoms with Crippen LogP contribution in [-0.4, -0.2) is 38.9 Å². The van der Waals surface area contributed by atoms with E-state index in [0.29, 0.717) is 25.6 Å². The third-order valence-corrected chi connectivity index (χ3v) is 5.03. The van der Waals surface area contributed by atoms with Crippen LogP contribution in [0.5, 0.6) is 11.5 Å². The maximum atomic E-state index is 12.5. The van der Waals surface area contributed by atoms with Crippen molar-refractivity contribution in [3.05, 3.63) is 54.3 Å². The Hall–Kier alpha value is -3.25. The van der Waals surface area contributed by atoms with Gasteiger partial charge in [-0.1, -0.05) is 12.1 Å². The number of methoxy groups -OCH3 is 1. The fraction of sp³-hybridized carbons (Fsp3) is 0.346. The van der Waals surface area contributed by atoms with Crippen LogP contribution < -0.4 is 14.8 Å². The molecule has 1 aromatic heterocycles. The van der Waals surface area contributed by atoms with Gasteiger partial charge in [-0.15, -0.1) is 0 Å². The van der Waals surface area contributed by atoms with Crippen molar-refractivity contribution < 1.29 is 23.4 Å². The molecule has 1 unspecified atom stereocenters. The lowest BCUT2D eigenvalue weighted by atomic mass is 9.99. The molecule has 0 spiro atoms. The molecule has 6 nitrogen and oxygen atoms in total. The van der Waals surface area contributed by atoms with Crippen molar-refractivity contribution in [2.45, 2.75) is 33.7 Å². The van der Waals surface area contributed by atoms with Gasteiger partial charge in [-0.25, -0.2) is 0 Å². The fourth-order valence-electron chi connectivity index (χ4n) is 3.61. The number of amides is 1. The Balaban J connectivity index is 1.99. The Morgan fingerprint density at radius 1 is 1.12 bits per heavy atom. The first-order valence-electron chi connectivity index (χ1n) is 10.9. The van der Waals surface area contributed by atoms with Gasteiger partial charge < -0.3 is 23.9 Å². The second kappa shape index (κ2) is 10.9. The summed E-state index contributed by atoms with van der Waals surface area (Å²) < 4.78 is 22.3. The van der Waals surface area contributed by atoms with Crippen LogP contribution in [0.2, 0.25) is 0 Å². The van der Waals surface area contributed by atoms with E-state index in [1.807, 2.05) is 64.1 Å². The van der Waals surface area contributed by atoms with E-state index >= 15 is 0 Å². The van der Waals surface area contributed by atoms with Crippen LogP contribution in [0.3, 0.4) is 0 Å². The highest BCUT2D eigenvalue weighted by molar-refractivity contribution is 6.00. The highest BCUT2D eigenvalue weighted by Crippen LogP contribution is 2.37. The first kappa shape index (κ1) is 23.4. The second-order valence-corrected chi connectivity index (χ2v) is 7.58. The molecule has 1 atom stereocenters. The summed E-state index contributed by atoms with van der Waals surface area (Å²) in [6.07, 6.45) is 3.34. The van der Waals surface area contributed by atoms with Gasteiger partial charge in [0, 0.05) is 41.8 Å². The maximum absolute atomic E-state index is 12.5. The topological polar surface area (TPSA) is 69.9 Å². The van der Waals surface area contributed by atoms with E-state index in [9.17, 15) is 4.79 Å². The number of nitrogens with one attached hydrogen (secondary N) is 1. The number of carbonyl (C=O) groups is 1. The Bertz CT molecular complexity index is 1080. The zero-order valence-electron chi connectivity index (χ0n) is 19.4. The van der Waals surface area contributed by atoms with Crippen molar-refractivity contribution in [3.8, 4) is 22.6 Å². The van der Waals surface area contributed by atoms with Crippen LogP contribution in [0.1, 0.15) is 33.3 Å². The van der Waals surface area contributed by atoms with Crippen LogP contribution in [-0.2, 0) is 9.53 Å². The molecule has 0 saturated carbocycles. The smallest absolute Gasteiger partial charge is 0.244 e. The van der Waals surface area contributed by atoms with E-state index in [-0.39, 0.29) is 11.9 Å². The molecule has 2 aromatic carbocycles. The van der Waals surface area contributed by atoms with E-state index in [1.165, 1.54) is 0 Å². The minimum absolute atomic E-state index is 0.0782. The molecule has 0 radical (unpaired) electrons. The number of benzene rings is 2. The van der Waals surface area contributed by atoms with E-state index in [0.717, 1.165) is 39.0 Å². The number of ether oxygens (including phenoxy) is 3. The molecule has 32 heavy (non-hydrogen) atoms. The number of allylic oxidation sites excluding steroid dienone is 1. The highest BCUT2D eigenvalue weighted by Gasteiger charge is 2.16. The number of fused-ring (bicyclic) bond motifs is 1. The fourth-order valence-corrected chi connectivity index (χ4v) is 3.61. The second-order valence-electron chi connectivity index (χ2n) is 7.58. The zero-order chi connectivity index (χ0) is 23.1. The molecular weight excluding hydrogens is 406 g/mol. The van der Waals surface area contributed by atoms with Gasteiger partial charge in [-0.05, 0) is 57.0 Å². The third-order valence-electron chi connectivity index (χ3n) is 5.03. The number of furan rings is 1. The molecule has 1 N–H and O–H groups in total. The minimum Gasteiger partial charge on any atom is -0.494 e. The largest absolute Gasteiger partial charge is 0.494 e. The van der Waals surface area contributed by atoms with Gasteiger partial charge in [0.15, 0.2) is 0 Å². The normalized spacial score (nSPS) is 12.6. The van der Waals surface area contributed by atoms with Gasteiger partial charge in [-0.2, -0.15) is 0 Å². The summed E-state index contributed by atoms with van der Waals surface area (Å²) in [6, 6.07) is 11.7. The molecular formula is C26H31NO5. The predicted octanol–water partition coefficient (Wildman–Crippen LogP) is 5.45. The number of hydrogen-bond donors (Lipinski definition) is 1. The van der Waals surface area contributed by atoms with Crippen LogP contribution >= 0.6 is 0 Å². The summed E-state index contributed by atoms with van der Waals surface area (Å²) >= 11 is 0. The van der Waals surface area contributed by atoms with Gasteiger partial charge in [-0.3, -0.25) is 4.79 Å². The molecule has 1 heterocycles. The Labute approximate surface area is 189 Å². The lowest BCUT2D eigenvalue weighted by molar-refractivity contribution is -0.117. The molecule has 0 bridgehead atoms. The van der Waals surface area contributed by atoms with Crippen molar-refractivity contribution >= 4 is 22.4 Å². The minimum atomic E-state index is -0.173. The molecule has 0 aliphatic heterocycles. The van der Waals surface area contributed by atoms with Gasteiger partial charge in [0.05, 0.1) is 26.1 Å². The quantitative estimate of drug-likeness (QED) is 0.427. The summed E-state index contributed by atoms with van der Waals surface area (Å²) in [5.41, 5.74) is 4.37. The first-order chi connectivity index (χ1) is 15.5. The molecule has 0 fully saturated rings. The van der Waals surface area contributed by atoms with Crippen LogP contribution in [0.15, 0.2) is 53.2 Å². The Morgan fingerprint density at radius 3 is 2.50 bits per heavy atom. The molecule has 0 aliphatic rings. The van der Waals surface area contributed by atoms with E-state index in [2.05, 4.69) is 5.32 Å². The van der Waals surface area contributed by atoms with Crippen LogP contribution in [0, 0.1) is 0 Å². The van der Waals surface area contributed by atoms with E-state index < -0.39 is 0 Å². The average Bonchev–Trinajstić information content (AvgIpc) is 3.17. The number of rotatable bonds is 10. The van der Waals surface area contributed by atoms with Crippen LogP contribution in [0.25, 0.3) is 27.7 Å². The van der Waals surface area contributed by atoms with Crippen LogP contribution in [0.4, 0.5) is 0 Å². The van der Waals surface area contributed by atoms with Gasteiger partial charge >= 0.3 is 0 Å². The molecule has 1 amide bonds. The summed E-state index contributed by atoms with van der Waals surface area (Å²) in [7, 11) is 1.61. The first-order valence-corrected chi connectivity index (χ1v) is 10.9. The zero-order valence-corrected chi connectivity index (χ0v) is 19.4. The Kier molecular flexibility index (Phi) is 7.95. The summed E-state index contributed by atoms with van der Waals surface area (Å²) in [5, 5.41) is 3.86. The van der Waals surface area contributed by atoms with E-state index in [4.69, 9.17) is 18.6 Å². The van der Waals surface area contributed by atoms with Gasteiger partial charge in [0.2, 0.25) is 5.91 Å². The van der Waals surface area contributed by atoms with Crippen molar-refractivity contribution in [2.24, 2.45) is 0 Å². The molecule has 0 aliphatic carbocycles. The molecule has 3 aromatic rings. The van der Waals surface area contributed by atoms with E-state index in [1.54, 1.807) is 19.4 Å². The molecule has 3 rings (SSSR count). The molecule has 0 saturated heterocycles. The van der Waals surface area contributed by atoms with Crippen molar-refractivity contribution in [3.63, 3.8) is 0 Å². The maximum Gasteiger partial charge on any atom is 0.244 e. The average molecular weight is 438 g/mol. The van der Waals surface area contributed by atoms with Crippen molar-refractivity contribution in [1.82, 2.24) is 5.32 Å². The standard InChI is InChI=1S/C26H31NO5/c1-6-30-20-10-8-19(9-11-20)23-16-32-25-14-24(31-7-2)21(13-22(23)25)17(3)12-26(28)27-18(4)15-29-5/h8-14,16,18H,6-7,15H2,1-5H3,(H,27,28)/b17-12+. The van der Waals surface area contributed by atoms with Gasteiger partial charge in [0.25, 0.3) is 0 Å². The lowest BCUT2D eigenvalue weighted by Gasteiger charge is -2.13. The monoisotopic (exact) mass is 437 g/mol. The van der Waals surface area contributed by atoms with Gasteiger partial charge in [0.1, 0.15) is 17.1 Å². The molecule has 6 heteroatoms. The summed E-state index contributed by atoms with van der Waals surface area (Å²) in [5.74, 6) is 1.34. The number of carbonyl (C=O) groups excluding carboxylic acids is 1. The van der Waals surface area contributed by atoms with Crippen molar-refractivity contribution in [1.29, 1.82) is 0 Å². The Morgan fingerprint density at radius 2 is 1.84 bits per heavy atom. The highest BCUT2D eigenvalue weighted by atomic mass is 16.5. The molecule has 170 valence electrons. The lowest BCUT2D eigenvalue weighted by Crippen LogP contribution is -2.34. The summed E-state index contributed by atoms with van der Waals surface area (Å²) in [6.45, 7) is 9.28. The van der Waals surface area contributed by atoms with Crippen molar-refractivity contribution in [2.75, 3.05) is 26.9 Å². The third kappa shape index (κ3) is 5.51.